The van der Waals surface area contributed by atoms with Crippen molar-refractivity contribution in [2.24, 2.45) is 0 Å². The maximum atomic E-state index is 10.4. The van der Waals surface area contributed by atoms with Gasteiger partial charge in [-0.15, -0.1) is 0 Å². The molecule has 2 aromatic rings. The van der Waals surface area contributed by atoms with Crippen LogP contribution in [0.2, 0.25) is 0 Å². The number of benzene rings is 2. The molecule has 4 nitrogen and oxygen atoms in total. The van der Waals surface area contributed by atoms with Gasteiger partial charge in [0, 0.05) is 5.56 Å². The number of aliphatic hydroxyl groups is 1. The molecular weight excluding hydrogens is 324 g/mol. The Bertz CT molecular complexity index is 682. The Morgan fingerprint density at radius 2 is 1.62 bits per heavy atom. The van der Waals surface area contributed by atoms with E-state index in [4.69, 9.17) is 4.74 Å². The highest BCUT2D eigenvalue weighted by molar-refractivity contribution is 5.38. The first-order chi connectivity index (χ1) is 12.6. The first-order valence-electron chi connectivity index (χ1n) is 9.70. The highest BCUT2D eigenvalue weighted by Crippen LogP contribution is 2.20. The van der Waals surface area contributed by atoms with Crippen molar-refractivity contribution in [2.75, 3.05) is 39.3 Å². The lowest BCUT2D eigenvalue weighted by Crippen LogP contribution is -3.28. The number of ether oxygens (including phenoxy) is 1. The average molecular weight is 357 g/mol. The van der Waals surface area contributed by atoms with Gasteiger partial charge < -0.3 is 19.6 Å². The zero-order valence-corrected chi connectivity index (χ0v) is 16.0. The third-order valence-electron chi connectivity index (χ3n) is 5.47. The summed E-state index contributed by atoms with van der Waals surface area (Å²) < 4.78 is 5.85. The van der Waals surface area contributed by atoms with E-state index in [0.29, 0.717) is 6.61 Å². The number of aryl methyl sites for hydroxylation is 1. The van der Waals surface area contributed by atoms with Gasteiger partial charge in [-0.05, 0) is 31.0 Å². The Kier molecular flexibility index (Phi) is 6.67. The number of aliphatic hydroxyl groups excluding tert-OH is 1. The Morgan fingerprint density at radius 1 is 0.923 bits per heavy atom. The van der Waals surface area contributed by atoms with Crippen LogP contribution in [0.25, 0.3) is 0 Å². The van der Waals surface area contributed by atoms with Crippen molar-refractivity contribution in [3.05, 3.63) is 65.2 Å². The lowest BCUT2D eigenvalue weighted by Gasteiger charge is -2.30. The molecule has 0 bridgehead atoms. The zero-order chi connectivity index (χ0) is 18.4. The van der Waals surface area contributed by atoms with Crippen molar-refractivity contribution in [2.45, 2.75) is 26.5 Å². The number of piperazine rings is 1. The zero-order valence-electron chi connectivity index (χ0n) is 16.0. The molecule has 1 aliphatic heterocycles. The summed E-state index contributed by atoms with van der Waals surface area (Å²) in [4.78, 5) is 3.12. The van der Waals surface area contributed by atoms with Crippen LogP contribution in [0.3, 0.4) is 0 Å². The average Bonchev–Trinajstić information content (AvgIpc) is 2.65. The molecule has 1 aliphatic rings. The van der Waals surface area contributed by atoms with Gasteiger partial charge in [0.15, 0.2) is 0 Å². The van der Waals surface area contributed by atoms with Crippen molar-refractivity contribution >= 4 is 0 Å². The van der Waals surface area contributed by atoms with E-state index in [9.17, 15) is 5.11 Å². The summed E-state index contributed by atoms with van der Waals surface area (Å²) in [5.74, 6) is 0.885. The lowest BCUT2D eigenvalue weighted by molar-refractivity contribution is -1.02. The molecule has 1 saturated heterocycles. The van der Waals surface area contributed by atoms with E-state index in [2.05, 4.69) is 50.2 Å². The van der Waals surface area contributed by atoms with Gasteiger partial charge in [0.2, 0.25) is 0 Å². The van der Waals surface area contributed by atoms with Crippen molar-refractivity contribution in [3.8, 4) is 5.75 Å². The van der Waals surface area contributed by atoms with Crippen LogP contribution < -0.4 is 14.5 Å². The van der Waals surface area contributed by atoms with Gasteiger partial charge in [0.05, 0.1) is 0 Å². The summed E-state index contributed by atoms with van der Waals surface area (Å²) in [6.07, 6.45) is -0.416. The third kappa shape index (κ3) is 5.31. The van der Waals surface area contributed by atoms with Crippen LogP contribution in [-0.2, 0) is 6.54 Å². The molecule has 0 unspecified atom stereocenters. The Hall–Kier alpha value is -1.88. The molecule has 0 amide bonds. The van der Waals surface area contributed by atoms with Crippen molar-refractivity contribution in [3.63, 3.8) is 0 Å². The second-order valence-electron chi connectivity index (χ2n) is 7.53. The topological polar surface area (TPSA) is 38.3 Å². The molecule has 3 N–H and O–H groups in total. The molecule has 4 heteroatoms. The van der Waals surface area contributed by atoms with Gasteiger partial charge in [0.1, 0.15) is 57.7 Å². The summed E-state index contributed by atoms with van der Waals surface area (Å²) in [6, 6.07) is 16.8. The SMILES string of the molecule is Cc1cccc(OC[C@H](O)C[NH+]2CC[NH+](Cc3ccccc3)CC2)c1C. The van der Waals surface area contributed by atoms with Crippen LogP contribution in [0.5, 0.6) is 5.75 Å². The van der Waals surface area contributed by atoms with Crippen LogP contribution in [0.4, 0.5) is 0 Å². The first kappa shape index (κ1) is 18.9. The molecule has 0 saturated carbocycles. The largest absolute Gasteiger partial charge is 0.490 e. The van der Waals surface area contributed by atoms with E-state index in [1.807, 2.05) is 12.1 Å². The van der Waals surface area contributed by atoms with Crippen LogP contribution in [0.1, 0.15) is 16.7 Å². The van der Waals surface area contributed by atoms with Crippen LogP contribution >= 0.6 is 0 Å². The molecule has 0 spiro atoms. The van der Waals surface area contributed by atoms with E-state index in [1.54, 1.807) is 4.90 Å². The summed E-state index contributed by atoms with van der Waals surface area (Å²) in [5, 5.41) is 10.4. The number of quaternary nitrogens is 2. The molecule has 1 fully saturated rings. The molecule has 26 heavy (non-hydrogen) atoms. The third-order valence-corrected chi connectivity index (χ3v) is 5.47. The van der Waals surface area contributed by atoms with Gasteiger partial charge >= 0.3 is 0 Å². The minimum atomic E-state index is -0.416. The quantitative estimate of drug-likeness (QED) is 0.655. The first-order valence-corrected chi connectivity index (χ1v) is 9.70. The summed E-state index contributed by atoms with van der Waals surface area (Å²) in [5.41, 5.74) is 3.79. The van der Waals surface area contributed by atoms with E-state index in [1.165, 1.54) is 16.0 Å². The molecule has 2 aromatic carbocycles. The van der Waals surface area contributed by atoms with Gasteiger partial charge in [-0.2, -0.15) is 0 Å². The van der Waals surface area contributed by atoms with Gasteiger partial charge in [0.25, 0.3) is 0 Å². The van der Waals surface area contributed by atoms with Gasteiger partial charge in [-0.1, -0.05) is 42.5 Å². The molecular formula is C22H32N2O2+2. The Morgan fingerprint density at radius 3 is 2.35 bits per heavy atom. The monoisotopic (exact) mass is 356 g/mol. The standard InChI is InChI=1S/C22H30N2O2/c1-18-7-6-10-22(19(18)2)26-17-21(25)16-24-13-11-23(12-14-24)15-20-8-4-3-5-9-20/h3-10,21,25H,11-17H2,1-2H3/p+2/t21-/m1/s1. The maximum Gasteiger partial charge on any atom is 0.137 e. The smallest absolute Gasteiger partial charge is 0.137 e. The highest BCUT2D eigenvalue weighted by atomic mass is 16.5. The maximum absolute atomic E-state index is 10.4. The molecule has 1 atom stereocenters. The number of hydrogen-bond acceptors (Lipinski definition) is 2. The second kappa shape index (κ2) is 9.17. The molecule has 3 rings (SSSR count). The normalized spacial score (nSPS) is 21.3. The van der Waals surface area contributed by atoms with E-state index < -0.39 is 6.10 Å². The van der Waals surface area contributed by atoms with Gasteiger partial charge in [-0.25, -0.2) is 0 Å². The van der Waals surface area contributed by atoms with Crippen molar-refractivity contribution in [1.82, 2.24) is 0 Å². The minimum absolute atomic E-state index is 0.369. The predicted octanol–water partition coefficient (Wildman–Crippen LogP) is 0.0267. The van der Waals surface area contributed by atoms with E-state index >= 15 is 0 Å². The summed E-state index contributed by atoms with van der Waals surface area (Å²) >= 11 is 0. The molecule has 0 aromatic heterocycles. The number of nitrogens with one attached hydrogen (secondary N) is 2. The lowest BCUT2D eigenvalue weighted by atomic mass is 10.1. The summed E-state index contributed by atoms with van der Waals surface area (Å²) in [6.45, 7) is 10.9. The van der Waals surface area contributed by atoms with E-state index in [0.717, 1.165) is 50.6 Å². The Labute approximate surface area is 157 Å². The summed E-state index contributed by atoms with van der Waals surface area (Å²) in [7, 11) is 0. The molecule has 140 valence electrons. The molecule has 0 radical (unpaired) electrons. The fourth-order valence-electron chi connectivity index (χ4n) is 3.68. The molecule has 0 aliphatic carbocycles. The van der Waals surface area contributed by atoms with Crippen molar-refractivity contribution < 1.29 is 19.6 Å². The second-order valence-corrected chi connectivity index (χ2v) is 7.53. The van der Waals surface area contributed by atoms with E-state index in [-0.39, 0.29) is 0 Å². The van der Waals surface area contributed by atoms with Gasteiger partial charge in [-0.3, -0.25) is 0 Å². The van der Waals surface area contributed by atoms with Crippen LogP contribution in [-0.4, -0.2) is 50.5 Å². The highest BCUT2D eigenvalue weighted by Gasteiger charge is 2.25. The fourth-order valence-corrected chi connectivity index (χ4v) is 3.68. The number of rotatable bonds is 7. The predicted molar refractivity (Wildman–Crippen MR) is 104 cm³/mol. The van der Waals surface area contributed by atoms with Crippen molar-refractivity contribution in [1.29, 1.82) is 0 Å². The fraction of sp³-hybridized carbons (Fsp3) is 0.455. The Balaban J connectivity index is 1.39. The van der Waals surface area contributed by atoms with Crippen LogP contribution in [0, 0.1) is 13.8 Å². The molecule has 1 heterocycles. The number of hydrogen-bond donors (Lipinski definition) is 3. The minimum Gasteiger partial charge on any atom is -0.490 e. The van der Waals surface area contributed by atoms with Crippen LogP contribution in [0.15, 0.2) is 48.5 Å².